The number of rotatable bonds is 25. The summed E-state index contributed by atoms with van der Waals surface area (Å²) in [5.74, 6) is -8.77. The number of guanidine groups is 1. The van der Waals surface area contributed by atoms with Gasteiger partial charge in [0, 0.05) is 32.9 Å². The van der Waals surface area contributed by atoms with Gasteiger partial charge in [0.15, 0.2) is 5.96 Å². The number of carboxylic acid groups (broad SMARTS) is 2. The Bertz CT molecular complexity index is 1820. The van der Waals surface area contributed by atoms with Crippen LogP contribution in [0.3, 0.4) is 0 Å². The van der Waals surface area contributed by atoms with Gasteiger partial charge in [-0.05, 0) is 76.0 Å². The summed E-state index contributed by atoms with van der Waals surface area (Å²) in [6.07, 6.45) is -1.97. The number of aliphatic hydroxyl groups excluding tert-OH is 1. The van der Waals surface area contributed by atoms with Gasteiger partial charge >= 0.3 is 11.9 Å². The molecule has 7 amide bonds. The molecular formula is C40H62N10O13. The van der Waals surface area contributed by atoms with Gasteiger partial charge < -0.3 is 68.7 Å². The van der Waals surface area contributed by atoms with E-state index in [9.17, 15) is 63.6 Å². The molecule has 14 N–H and O–H groups in total. The molecule has 23 heteroatoms. The standard InChI is InChI=1S/C40H62N10O13/c1-20(2)18-28(35(58)44-21(3)39(62)63)47-34(57)27(14-15-31(54)55)46-37(60)30-9-7-17-50(30)38(61)32(22(4)51)49-36(59)29(19-24-10-12-25(53)13-11-24)48-33(56)26(45-23(5)52)8-6-16-43-40(41)42/h10-13,20-22,26-30,32,51,53H,6-9,14-19H2,1-5H3,(H,44,58)(H,45,52)(H,46,60)(H,47,57)(H,48,56)(H,49,59)(H,54,55)(H,62,63)(H4,41,42,43)/t21-,22+,26-,27-,28-,29-,30-,32-/m0/s1. The number of aliphatic carboxylic acids is 2. The monoisotopic (exact) mass is 890 g/mol. The zero-order chi connectivity index (χ0) is 47.6. The van der Waals surface area contributed by atoms with Gasteiger partial charge in [-0.2, -0.15) is 0 Å². The maximum atomic E-state index is 14.1. The van der Waals surface area contributed by atoms with Crippen LogP contribution in [-0.2, 0) is 49.6 Å². The Morgan fingerprint density at radius 1 is 0.778 bits per heavy atom. The SMILES string of the molecule is CC(=O)N[C@@H](CCCN=C(N)N)C(=O)N[C@@H](Cc1ccc(O)cc1)C(=O)N[C@H](C(=O)N1CCC[C@H]1C(=O)N[C@@H](CCC(=O)O)C(=O)N[C@@H](CC(C)C)C(=O)N[C@@H](C)C(=O)O)[C@@H](C)O. The molecule has 23 nitrogen and oxygen atoms in total. The number of phenols is 1. The molecule has 0 unspecified atom stereocenters. The maximum absolute atomic E-state index is 14.1. The molecule has 1 fully saturated rings. The van der Waals surface area contributed by atoms with Crippen LogP contribution in [0.5, 0.6) is 5.75 Å². The first kappa shape index (κ1) is 52.6. The van der Waals surface area contributed by atoms with Gasteiger partial charge in [-0.25, -0.2) is 0 Å². The lowest BCUT2D eigenvalue weighted by Crippen LogP contribution is -2.61. The fourth-order valence-corrected chi connectivity index (χ4v) is 6.65. The lowest BCUT2D eigenvalue weighted by molar-refractivity contribution is -0.145. The summed E-state index contributed by atoms with van der Waals surface area (Å²) in [4.78, 5) is 122. The highest BCUT2D eigenvalue weighted by Crippen LogP contribution is 2.21. The van der Waals surface area contributed by atoms with Crippen molar-refractivity contribution in [2.24, 2.45) is 22.4 Å². The van der Waals surface area contributed by atoms with E-state index in [1.807, 2.05) is 0 Å². The largest absolute Gasteiger partial charge is 0.508 e. The molecule has 8 atom stereocenters. The van der Waals surface area contributed by atoms with Crippen LogP contribution in [0.15, 0.2) is 29.3 Å². The van der Waals surface area contributed by atoms with Gasteiger partial charge in [-0.1, -0.05) is 26.0 Å². The number of nitrogens with two attached hydrogens (primary N) is 2. The first-order valence-corrected chi connectivity index (χ1v) is 20.6. The average Bonchev–Trinajstić information content (AvgIpc) is 3.69. The Morgan fingerprint density at radius 2 is 1.35 bits per heavy atom. The summed E-state index contributed by atoms with van der Waals surface area (Å²) >= 11 is 0. The normalized spacial score (nSPS) is 16.7. The smallest absolute Gasteiger partial charge is 0.325 e. The van der Waals surface area contributed by atoms with Crippen LogP contribution >= 0.6 is 0 Å². The van der Waals surface area contributed by atoms with Crippen molar-refractivity contribution in [3.05, 3.63) is 29.8 Å². The molecule has 63 heavy (non-hydrogen) atoms. The fourth-order valence-electron chi connectivity index (χ4n) is 6.65. The van der Waals surface area contributed by atoms with E-state index in [0.717, 1.165) is 4.90 Å². The Balaban J connectivity index is 2.36. The second-order valence-electron chi connectivity index (χ2n) is 15.8. The first-order chi connectivity index (χ1) is 29.5. The number of carbonyl (C=O) groups excluding carboxylic acids is 7. The van der Waals surface area contributed by atoms with E-state index in [-0.39, 0.29) is 69.2 Å². The molecule has 0 bridgehead atoms. The number of benzene rings is 1. The Labute approximate surface area is 364 Å². The van der Waals surface area contributed by atoms with E-state index < -0.39 is 115 Å². The molecule has 0 aliphatic carbocycles. The highest BCUT2D eigenvalue weighted by molar-refractivity contribution is 5.98. The van der Waals surface area contributed by atoms with Crippen molar-refractivity contribution in [2.45, 2.75) is 134 Å². The number of carbonyl (C=O) groups is 9. The van der Waals surface area contributed by atoms with Gasteiger partial charge in [0.2, 0.25) is 41.4 Å². The zero-order valence-corrected chi connectivity index (χ0v) is 36.1. The van der Waals surface area contributed by atoms with E-state index in [4.69, 9.17) is 11.5 Å². The number of likely N-dealkylation sites (tertiary alicyclic amines) is 1. The number of aliphatic hydroxyl groups is 1. The number of carboxylic acids is 2. The molecule has 0 aromatic heterocycles. The summed E-state index contributed by atoms with van der Waals surface area (Å²) in [6.45, 7) is 7.27. The number of aliphatic imine (C=N–C) groups is 1. The van der Waals surface area contributed by atoms with Crippen molar-refractivity contribution >= 4 is 59.2 Å². The van der Waals surface area contributed by atoms with E-state index in [0.29, 0.717) is 5.56 Å². The number of nitrogens with zero attached hydrogens (tertiary/aromatic N) is 2. The summed E-state index contributed by atoms with van der Waals surface area (Å²) < 4.78 is 0. The molecular weight excluding hydrogens is 828 g/mol. The summed E-state index contributed by atoms with van der Waals surface area (Å²) in [5, 5.41) is 54.1. The van der Waals surface area contributed by atoms with Crippen LogP contribution in [0.1, 0.15) is 85.1 Å². The lowest BCUT2D eigenvalue weighted by Gasteiger charge is -2.32. The Hall–Kier alpha value is -6.52. The van der Waals surface area contributed by atoms with Crippen molar-refractivity contribution in [3.63, 3.8) is 0 Å². The van der Waals surface area contributed by atoms with Gasteiger partial charge in [-0.15, -0.1) is 0 Å². The number of aromatic hydroxyl groups is 1. The van der Waals surface area contributed by atoms with Crippen LogP contribution in [0.2, 0.25) is 0 Å². The summed E-state index contributed by atoms with van der Waals surface area (Å²) in [6, 6.07) is -3.84. The predicted octanol–water partition coefficient (Wildman–Crippen LogP) is -2.70. The third-order valence-corrected chi connectivity index (χ3v) is 9.88. The molecule has 0 spiro atoms. The van der Waals surface area contributed by atoms with Crippen LogP contribution in [0.25, 0.3) is 0 Å². The highest BCUT2D eigenvalue weighted by Gasteiger charge is 2.41. The second-order valence-corrected chi connectivity index (χ2v) is 15.8. The zero-order valence-electron chi connectivity index (χ0n) is 36.1. The first-order valence-electron chi connectivity index (χ1n) is 20.6. The molecule has 1 aliphatic heterocycles. The van der Waals surface area contributed by atoms with Crippen molar-refractivity contribution < 1.29 is 63.6 Å². The third kappa shape index (κ3) is 18.2. The summed E-state index contributed by atoms with van der Waals surface area (Å²) in [7, 11) is 0. The topological polar surface area (TPSA) is 374 Å². The van der Waals surface area contributed by atoms with Crippen LogP contribution in [0.4, 0.5) is 0 Å². The molecule has 1 aromatic rings. The average molecular weight is 891 g/mol. The van der Waals surface area contributed by atoms with Gasteiger partial charge in [0.05, 0.1) is 6.10 Å². The molecule has 1 aromatic carbocycles. The number of hydrogen-bond donors (Lipinski definition) is 12. The molecule has 350 valence electrons. The number of amides is 7. The molecule has 1 saturated heterocycles. The van der Waals surface area contributed by atoms with Crippen molar-refractivity contribution in [1.29, 1.82) is 0 Å². The van der Waals surface area contributed by atoms with Crippen LogP contribution in [0, 0.1) is 5.92 Å². The van der Waals surface area contributed by atoms with Gasteiger partial charge in [0.25, 0.3) is 0 Å². The van der Waals surface area contributed by atoms with Crippen LogP contribution < -0.4 is 43.4 Å². The van der Waals surface area contributed by atoms with Crippen molar-refractivity contribution in [2.75, 3.05) is 13.1 Å². The minimum absolute atomic E-state index is 0.0215. The predicted molar refractivity (Wildman–Crippen MR) is 225 cm³/mol. The number of hydrogen-bond acceptors (Lipinski definition) is 12. The van der Waals surface area contributed by atoms with E-state index in [2.05, 4.69) is 36.9 Å². The van der Waals surface area contributed by atoms with E-state index in [1.54, 1.807) is 13.8 Å². The molecule has 2 rings (SSSR count). The Morgan fingerprint density at radius 3 is 1.89 bits per heavy atom. The maximum Gasteiger partial charge on any atom is 0.325 e. The van der Waals surface area contributed by atoms with E-state index >= 15 is 0 Å². The van der Waals surface area contributed by atoms with Gasteiger partial charge in [0.1, 0.15) is 48.0 Å². The Kier molecular flexibility index (Phi) is 21.2. The third-order valence-electron chi connectivity index (χ3n) is 9.88. The number of nitrogens with one attached hydrogen (secondary N) is 6. The molecule has 0 radical (unpaired) electrons. The minimum Gasteiger partial charge on any atom is -0.508 e. The molecule has 0 saturated carbocycles. The summed E-state index contributed by atoms with van der Waals surface area (Å²) in [5.41, 5.74) is 11.2. The minimum atomic E-state index is -1.68. The van der Waals surface area contributed by atoms with Crippen molar-refractivity contribution in [3.8, 4) is 5.75 Å². The second kappa shape index (κ2) is 25.4. The molecule has 1 aliphatic rings. The molecule has 1 heterocycles. The highest BCUT2D eigenvalue weighted by atomic mass is 16.4. The van der Waals surface area contributed by atoms with Crippen molar-refractivity contribution in [1.82, 2.24) is 36.8 Å². The lowest BCUT2D eigenvalue weighted by atomic mass is 10.0. The van der Waals surface area contributed by atoms with E-state index in [1.165, 1.54) is 45.0 Å². The quantitative estimate of drug-likeness (QED) is 0.0270. The van der Waals surface area contributed by atoms with Crippen LogP contribution in [-0.4, -0.2) is 146 Å². The fraction of sp³-hybridized carbons (Fsp3) is 0.600. The number of phenolic OH excluding ortho intramolecular Hbond substituents is 1. The van der Waals surface area contributed by atoms with Gasteiger partial charge in [-0.3, -0.25) is 48.1 Å².